The van der Waals surface area contributed by atoms with Gasteiger partial charge in [0.15, 0.2) is 0 Å². The van der Waals surface area contributed by atoms with Crippen molar-refractivity contribution in [3.8, 4) is 0 Å². The molecule has 0 aromatic carbocycles. The molecule has 0 saturated carbocycles. The Kier molecular flexibility index (Phi) is 2.91. The summed E-state index contributed by atoms with van der Waals surface area (Å²) in [7, 11) is 0. The van der Waals surface area contributed by atoms with Crippen molar-refractivity contribution in [2.24, 2.45) is 5.73 Å². The molecule has 3 heteroatoms. The molecule has 0 aliphatic carbocycles. The Hall–Kier alpha value is -0.860. The van der Waals surface area contributed by atoms with Crippen LogP contribution in [0.15, 0.2) is 11.4 Å². The Bertz CT molecular complexity index is 147. The average molecular weight is 131 g/mol. The van der Waals surface area contributed by atoms with Gasteiger partial charge >= 0.3 is 0 Å². The van der Waals surface area contributed by atoms with Crippen LogP contribution in [-0.2, 0) is 4.79 Å². The fraction of sp³-hybridized carbons (Fsp3) is 0.500. The Labute approximate surface area is 53.5 Å². The van der Waals surface area contributed by atoms with Gasteiger partial charge in [-0.25, -0.2) is 4.39 Å². The summed E-state index contributed by atoms with van der Waals surface area (Å²) in [5, 5.41) is 0. The van der Waals surface area contributed by atoms with Crippen molar-refractivity contribution in [3.63, 3.8) is 0 Å². The summed E-state index contributed by atoms with van der Waals surface area (Å²) in [5.74, 6) is -1.06. The van der Waals surface area contributed by atoms with E-state index in [0.717, 1.165) is 0 Å². The second kappa shape index (κ2) is 3.22. The minimum atomic E-state index is -0.631. The number of carbonyl (C=O) groups excluding carboxylic acids is 1. The highest BCUT2D eigenvalue weighted by atomic mass is 19.1. The van der Waals surface area contributed by atoms with Crippen LogP contribution in [0, 0.1) is 0 Å². The van der Waals surface area contributed by atoms with Crippen LogP contribution < -0.4 is 5.73 Å². The van der Waals surface area contributed by atoms with Crippen LogP contribution in [-0.4, -0.2) is 5.91 Å². The van der Waals surface area contributed by atoms with Crippen molar-refractivity contribution in [2.75, 3.05) is 0 Å². The van der Waals surface area contributed by atoms with E-state index in [1.807, 2.05) is 0 Å². The SMILES string of the molecule is CC(C)=C(F)CC(N)=O. The first kappa shape index (κ1) is 8.14. The first-order valence-corrected chi connectivity index (χ1v) is 2.64. The molecular weight excluding hydrogens is 121 g/mol. The van der Waals surface area contributed by atoms with Gasteiger partial charge in [-0.3, -0.25) is 4.79 Å². The monoisotopic (exact) mass is 131 g/mol. The molecule has 0 fully saturated rings. The number of rotatable bonds is 2. The van der Waals surface area contributed by atoms with Gasteiger partial charge in [-0.05, 0) is 19.4 Å². The third-order valence-corrected chi connectivity index (χ3v) is 0.872. The summed E-state index contributed by atoms with van der Waals surface area (Å²) in [6.45, 7) is 3.19. The van der Waals surface area contributed by atoms with E-state index in [9.17, 15) is 9.18 Å². The number of nitrogens with two attached hydrogens (primary N) is 1. The third kappa shape index (κ3) is 3.70. The van der Waals surface area contributed by atoms with Crippen LogP contribution in [0.3, 0.4) is 0 Å². The van der Waals surface area contributed by atoms with Gasteiger partial charge in [-0.2, -0.15) is 0 Å². The van der Waals surface area contributed by atoms with Gasteiger partial charge in [-0.1, -0.05) is 0 Å². The Balaban J connectivity index is 3.92. The average Bonchev–Trinajstić information content (AvgIpc) is 1.63. The van der Waals surface area contributed by atoms with Gasteiger partial charge in [0.1, 0.15) is 5.83 Å². The molecule has 0 spiro atoms. The van der Waals surface area contributed by atoms with Crippen molar-refractivity contribution >= 4 is 5.91 Å². The zero-order chi connectivity index (χ0) is 7.44. The van der Waals surface area contributed by atoms with E-state index in [1.54, 1.807) is 13.8 Å². The molecule has 0 aliphatic rings. The van der Waals surface area contributed by atoms with E-state index in [-0.39, 0.29) is 6.42 Å². The Morgan fingerprint density at radius 2 is 2.00 bits per heavy atom. The normalized spacial score (nSPS) is 8.78. The van der Waals surface area contributed by atoms with Crippen LogP contribution in [0.4, 0.5) is 4.39 Å². The zero-order valence-corrected chi connectivity index (χ0v) is 5.57. The van der Waals surface area contributed by atoms with Gasteiger partial charge in [0, 0.05) is 0 Å². The van der Waals surface area contributed by atoms with Gasteiger partial charge in [0.05, 0.1) is 6.42 Å². The molecule has 0 saturated heterocycles. The highest BCUT2D eigenvalue weighted by Gasteiger charge is 2.00. The number of primary amides is 1. The molecule has 0 aromatic rings. The molecule has 2 nitrogen and oxygen atoms in total. The third-order valence-electron chi connectivity index (χ3n) is 0.872. The second-order valence-corrected chi connectivity index (χ2v) is 2.05. The minimum Gasteiger partial charge on any atom is -0.369 e. The standard InChI is InChI=1S/C6H10FNO/c1-4(2)5(7)3-6(8)9/h3H2,1-2H3,(H2,8,9). The summed E-state index contributed by atoms with van der Waals surface area (Å²) in [6.07, 6.45) is -0.275. The number of hydrogen-bond acceptors (Lipinski definition) is 1. The van der Waals surface area contributed by atoms with Crippen LogP contribution in [0.25, 0.3) is 0 Å². The molecule has 2 N–H and O–H groups in total. The topological polar surface area (TPSA) is 43.1 Å². The number of carbonyl (C=O) groups is 1. The lowest BCUT2D eigenvalue weighted by molar-refractivity contribution is -0.117. The molecule has 0 aliphatic heterocycles. The van der Waals surface area contributed by atoms with E-state index in [4.69, 9.17) is 5.73 Å². The molecule has 0 unspecified atom stereocenters. The lowest BCUT2D eigenvalue weighted by Gasteiger charge is -1.93. The van der Waals surface area contributed by atoms with Gasteiger partial charge in [0.2, 0.25) is 5.91 Å². The molecule has 9 heavy (non-hydrogen) atoms. The molecule has 52 valence electrons. The second-order valence-electron chi connectivity index (χ2n) is 2.05. The van der Waals surface area contributed by atoms with E-state index in [0.29, 0.717) is 5.57 Å². The summed E-state index contributed by atoms with van der Waals surface area (Å²) in [6, 6.07) is 0. The quantitative estimate of drug-likeness (QED) is 0.599. The fourth-order valence-corrected chi connectivity index (χ4v) is 0.330. The Morgan fingerprint density at radius 1 is 1.56 bits per heavy atom. The number of hydrogen-bond donors (Lipinski definition) is 1. The molecule has 1 amide bonds. The van der Waals surface area contributed by atoms with Crippen LogP contribution in [0.1, 0.15) is 20.3 Å². The first-order chi connectivity index (χ1) is 4.04. The van der Waals surface area contributed by atoms with Crippen molar-refractivity contribution in [1.82, 2.24) is 0 Å². The van der Waals surface area contributed by atoms with Crippen molar-refractivity contribution < 1.29 is 9.18 Å². The van der Waals surface area contributed by atoms with Crippen LogP contribution >= 0.6 is 0 Å². The largest absolute Gasteiger partial charge is 0.369 e. The van der Waals surface area contributed by atoms with Crippen LogP contribution in [0.5, 0.6) is 0 Å². The Morgan fingerprint density at radius 3 is 2.11 bits per heavy atom. The summed E-state index contributed by atoms with van der Waals surface area (Å²) < 4.78 is 12.4. The molecular formula is C6H10FNO. The first-order valence-electron chi connectivity index (χ1n) is 2.64. The van der Waals surface area contributed by atoms with Crippen molar-refractivity contribution in [1.29, 1.82) is 0 Å². The summed E-state index contributed by atoms with van der Waals surface area (Å²) in [5.41, 5.74) is 5.23. The van der Waals surface area contributed by atoms with Gasteiger partial charge in [0.25, 0.3) is 0 Å². The molecule has 0 aromatic heterocycles. The molecule has 0 heterocycles. The zero-order valence-electron chi connectivity index (χ0n) is 5.57. The number of allylic oxidation sites excluding steroid dienone is 1. The summed E-state index contributed by atoms with van der Waals surface area (Å²) >= 11 is 0. The maximum absolute atomic E-state index is 12.4. The fourth-order valence-electron chi connectivity index (χ4n) is 0.330. The molecule has 0 rings (SSSR count). The summed E-state index contributed by atoms with van der Waals surface area (Å²) in [4.78, 5) is 10.1. The van der Waals surface area contributed by atoms with Gasteiger partial charge < -0.3 is 5.73 Å². The maximum atomic E-state index is 12.4. The highest BCUT2D eigenvalue weighted by molar-refractivity contribution is 5.76. The van der Waals surface area contributed by atoms with E-state index >= 15 is 0 Å². The van der Waals surface area contributed by atoms with E-state index in [2.05, 4.69) is 0 Å². The van der Waals surface area contributed by atoms with E-state index < -0.39 is 11.7 Å². The predicted octanol–water partition coefficient (Wildman–Crippen LogP) is 1.13. The van der Waals surface area contributed by atoms with Crippen LogP contribution in [0.2, 0.25) is 0 Å². The number of amides is 1. The van der Waals surface area contributed by atoms with Gasteiger partial charge in [-0.15, -0.1) is 0 Å². The lowest BCUT2D eigenvalue weighted by atomic mass is 10.2. The van der Waals surface area contributed by atoms with Crippen molar-refractivity contribution in [2.45, 2.75) is 20.3 Å². The minimum absolute atomic E-state index is 0.275. The maximum Gasteiger partial charge on any atom is 0.224 e. The van der Waals surface area contributed by atoms with Crippen molar-refractivity contribution in [3.05, 3.63) is 11.4 Å². The molecule has 0 bridgehead atoms. The molecule has 0 radical (unpaired) electrons. The number of halogens is 1. The predicted molar refractivity (Wildman–Crippen MR) is 33.3 cm³/mol. The smallest absolute Gasteiger partial charge is 0.224 e. The lowest BCUT2D eigenvalue weighted by Crippen LogP contribution is -2.10. The molecule has 0 atom stereocenters. The van der Waals surface area contributed by atoms with E-state index in [1.165, 1.54) is 0 Å². The highest BCUT2D eigenvalue weighted by Crippen LogP contribution is 2.07.